The molecule has 0 radical (unpaired) electrons. The van der Waals surface area contributed by atoms with Crippen molar-refractivity contribution in [2.24, 2.45) is 0 Å². The Morgan fingerprint density at radius 2 is 1.66 bits per heavy atom. The van der Waals surface area contributed by atoms with Crippen molar-refractivity contribution in [2.75, 3.05) is 0 Å². The van der Waals surface area contributed by atoms with Gasteiger partial charge in [-0.25, -0.2) is 0 Å². The van der Waals surface area contributed by atoms with Crippen molar-refractivity contribution in [3.63, 3.8) is 0 Å². The average Bonchev–Trinajstić information content (AvgIpc) is 3.43. The smallest absolute Gasteiger partial charge is 0.253 e. The van der Waals surface area contributed by atoms with Gasteiger partial charge in [-0.15, -0.1) is 11.3 Å². The van der Waals surface area contributed by atoms with Gasteiger partial charge in [-0.3, -0.25) is 9.59 Å². The highest BCUT2D eigenvalue weighted by molar-refractivity contribution is 7.12. The Hall–Kier alpha value is -2.72. The van der Waals surface area contributed by atoms with Crippen LogP contribution in [0.1, 0.15) is 65.6 Å². The van der Waals surface area contributed by atoms with Gasteiger partial charge >= 0.3 is 0 Å². The van der Waals surface area contributed by atoms with E-state index in [2.05, 4.69) is 43.4 Å². The van der Waals surface area contributed by atoms with Crippen molar-refractivity contribution in [3.05, 3.63) is 91.7 Å². The number of rotatable bonds is 6. The number of nitrogens with one attached hydrogen (secondary N) is 1. The molecule has 0 aliphatic heterocycles. The molecule has 1 saturated carbocycles. The SMILES string of the molecule is Cc1ccc(Cc2c(C)sc(C)c2C(=O)NC2(c3ccc(C=O)cc3)CC2)cc1. The molecule has 1 aliphatic carbocycles. The predicted octanol–water partition coefficient (Wildman–Crippen LogP) is 5.50. The number of thiophene rings is 1. The number of hydrogen-bond acceptors (Lipinski definition) is 3. The summed E-state index contributed by atoms with van der Waals surface area (Å²) in [7, 11) is 0. The normalized spacial score (nSPS) is 14.4. The van der Waals surface area contributed by atoms with Crippen LogP contribution in [-0.4, -0.2) is 12.2 Å². The molecule has 0 unspecified atom stereocenters. The lowest BCUT2D eigenvalue weighted by Crippen LogP contribution is -2.35. The van der Waals surface area contributed by atoms with Gasteiger partial charge in [0.05, 0.1) is 11.1 Å². The van der Waals surface area contributed by atoms with Crippen LogP contribution in [0.25, 0.3) is 0 Å². The van der Waals surface area contributed by atoms with E-state index < -0.39 is 0 Å². The summed E-state index contributed by atoms with van der Waals surface area (Å²) in [4.78, 5) is 26.5. The van der Waals surface area contributed by atoms with Crippen molar-refractivity contribution >= 4 is 23.5 Å². The zero-order valence-corrected chi connectivity index (χ0v) is 17.9. The zero-order chi connectivity index (χ0) is 20.6. The van der Waals surface area contributed by atoms with Crippen LogP contribution in [0.5, 0.6) is 0 Å². The maximum Gasteiger partial charge on any atom is 0.253 e. The summed E-state index contributed by atoms with van der Waals surface area (Å²) in [6.07, 6.45) is 3.46. The van der Waals surface area contributed by atoms with E-state index in [-0.39, 0.29) is 11.4 Å². The number of amides is 1. The molecule has 0 bridgehead atoms. The molecule has 2 aromatic carbocycles. The lowest BCUT2D eigenvalue weighted by atomic mass is 9.98. The standard InChI is InChI=1S/C25H25NO2S/c1-16-4-6-19(7-5-16)14-22-17(2)29-18(3)23(22)24(28)26-25(12-13-25)21-10-8-20(15-27)9-11-21/h4-11,15H,12-14H2,1-3H3,(H,26,28). The van der Waals surface area contributed by atoms with Crippen molar-refractivity contribution in [2.45, 2.75) is 45.6 Å². The van der Waals surface area contributed by atoms with Crippen LogP contribution in [-0.2, 0) is 12.0 Å². The second kappa shape index (κ2) is 7.60. The van der Waals surface area contributed by atoms with E-state index in [0.29, 0.717) is 5.56 Å². The van der Waals surface area contributed by atoms with Gasteiger partial charge in [0.2, 0.25) is 0 Å². The fourth-order valence-corrected chi connectivity index (χ4v) is 5.00. The van der Waals surface area contributed by atoms with E-state index in [1.807, 2.05) is 31.2 Å². The van der Waals surface area contributed by atoms with Crippen LogP contribution >= 0.6 is 11.3 Å². The summed E-state index contributed by atoms with van der Waals surface area (Å²) >= 11 is 1.69. The van der Waals surface area contributed by atoms with E-state index in [1.54, 1.807) is 11.3 Å². The van der Waals surface area contributed by atoms with Crippen molar-refractivity contribution < 1.29 is 9.59 Å². The third-order valence-corrected chi connectivity index (χ3v) is 6.88. The number of aryl methyl sites for hydroxylation is 3. The molecule has 0 atom stereocenters. The quantitative estimate of drug-likeness (QED) is 0.553. The Bertz CT molecular complexity index is 1060. The molecular weight excluding hydrogens is 378 g/mol. The average molecular weight is 404 g/mol. The third-order valence-electron chi connectivity index (χ3n) is 5.82. The first-order valence-corrected chi connectivity index (χ1v) is 10.8. The Morgan fingerprint density at radius 3 is 2.24 bits per heavy atom. The molecule has 4 rings (SSSR count). The number of carbonyl (C=O) groups excluding carboxylic acids is 2. The summed E-state index contributed by atoms with van der Waals surface area (Å²) in [5.74, 6) is 0.00549. The maximum atomic E-state index is 13.3. The van der Waals surface area contributed by atoms with Crippen LogP contribution in [0.15, 0.2) is 48.5 Å². The summed E-state index contributed by atoms with van der Waals surface area (Å²) in [6.45, 7) is 6.21. The molecule has 1 amide bonds. The molecule has 1 fully saturated rings. The second-order valence-electron chi connectivity index (χ2n) is 8.01. The van der Waals surface area contributed by atoms with Gasteiger partial charge in [-0.1, -0.05) is 54.1 Å². The lowest BCUT2D eigenvalue weighted by Gasteiger charge is -2.19. The van der Waals surface area contributed by atoms with E-state index in [4.69, 9.17) is 0 Å². The van der Waals surface area contributed by atoms with E-state index >= 15 is 0 Å². The fourth-order valence-electron chi connectivity index (χ4n) is 3.92. The number of hydrogen-bond donors (Lipinski definition) is 1. The Labute approximate surface area is 175 Å². The summed E-state index contributed by atoms with van der Waals surface area (Å²) < 4.78 is 0. The van der Waals surface area contributed by atoms with Crippen molar-refractivity contribution in [1.82, 2.24) is 5.32 Å². The predicted molar refractivity (Wildman–Crippen MR) is 118 cm³/mol. The molecular formula is C25H25NO2S. The summed E-state index contributed by atoms with van der Waals surface area (Å²) in [6, 6.07) is 16.1. The molecule has 3 aromatic rings. The van der Waals surface area contributed by atoms with Crippen molar-refractivity contribution in [1.29, 1.82) is 0 Å². The van der Waals surface area contributed by atoms with Gasteiger partial charge in [0, 0.05) is 15.3 Å². The monoisotopic (exact) mass is 403 g/mol. The van der Waals surface area contributed by atoms with Gasteiger partial charge in [0.1, 0.15) is 6.29 Å². The largest absolute Gasteiger partial charge is 0.342 e. The Kier molecular flexibility index (Phi) is 5.13. The summed E-state index contributed by atoms with van der Waals surface area (Å²) in [5.41, 5.74) is 5.82. The van der Waals surface area contributed by atoms with Crippen LogP contribution in [0.4, 0.5) is 0 Å². The topological polar surface area (TPSA) is 46.2 Å². The Balaban J connectivity index is 1.60. The molecule has 1 aliphatic rings. The molecule has 1 aromatic heterocycles. The van der Waals surface area contributed by atoms with Gasteiger partial charge < -0.3 is 5.32 Å². The highest BCUT2D eigenvalue weighted by atomic mass is 32.1. The van der Waals surface area contributed by atoms with Crippen LogP contribution in [0, 0.1) is 20.8 Å². The third kappa shape index (κ3) is 3.90. The maximum absolute atomic E-state index is 13.3. The van der Waals surface area contributed by atoms with Gasteiger partial charge in [-0.2, -0.15) is 0 Å². The van der Waals surface area contributed by atoms with Crippen LogP contribution < -0.4 is 5.32 Å². The first-order valence-electron chi connectivity index (χ1n) is 9.94. The molecule has 148 valence electrons. The van der Waals surface area contributed by atoms with Gasteiger partial charge in [0.15, 0.2) is 0 Å². The molecule has 29 heavy (non-hydrogen) atoms. The fraction of sp³-hybridized carbons (Fsp3) is 0.280. The first-order chi connectivity index (χ1) is 13.9. The Morgan fingerprint density at radius 1 is 1.00 bits per heavy atom. The van der Waals surface area contributed by atoms with E-state index in [9.17, 15) is 9.59 Å². The highest BCUT2D eigenvalue weighted by Crippen LogP contribution is 2.46. The number of carbonyl (C=O) groups is 2. The number of aldehydes is 1. The first kappa shape index (κ1) is 19.6. The highest BCUT2D eigenvalue weighted by Gasteiger charge is 2.46. The number of benzene rings is 2. The lowest BCUT2D eigenvalue weighted by molar-refractivity contribution is 0.0929. The summed E-state index contributed by atoms with van der Waals surface area (Å²) in [5, 5.41) is 3.31. The van der Waals surface area contributed by atoms with Crippen molar-refractivity contribution in [3.8, 4) is 0 Å². The van der Waals surface area contributed by atoms with Crippen LogP contribution in [0.2, 0.25) is 0 Å². The van der Waals surface area contributed by atoms with E-state index in [1.165, 1.54) is 16.0 Å². The molecule has 4 heteroatoms. The van der Waals surface area contributed by atoms with Gasteiger partial charge in [0.25, 0.3) is 5.91 Å². The molecule has 0 saturated heterocycles. The molecule has 3 nitrogen and oxygen atoms in total. The second-order valence-corrected chi connectivity index (χ2v) is 9.44. The minimum atomic E-state index is -0.304. The van der Waals surface area contributed by atoms with Crippen LogP contribution in [0.3, 0.4) is 0 Å². The zero-order valence-electron chi connectivity index (χ0n) is 17.0. The minimum Gasteiger partial charge on any atom is -0.342 e. The van der Waals surface area contributed by atoms with Gasteiger partial charge in [-0.05, 0) is 56.7 Å². The van der Waals surface area contributed by atoms with E-state index in [0.717, 1.165) is 47.1 Å². The molecule has 1 N–H and O–H groups in total. The minimum absolute atomic E-state index is 0.00549. The molecule has 0 spiro atoms. The molecule has 1 heterocycles.